The highest BCUT2D eigenvalue weighted by Crippen LogP contribution is 2.14. The third-order valence-corrected chi connectivity index (χ3v) is 4.26. The van der Waals surface area contributed by atoms with Crippen LogP contribution in [0.25, 0.3) is 0 Å². The number of carbonyl (C=O) groups is 1. The zero-order chi connectivity index (χ0) is 14.8. The Balaban J connectivity index is 2.24. The minimum Gasteiger partial charge on any atom is -0.619 e. The van der Waals surface area contributed by atoms with E-state index < -0.39 is 15.9 Å². The van der Waals surface area contributed by atoms with E-state index >= 15 is 0 Å². The minimum absolute atomic E-state index is 0.0387. The smallest absolute Gasteiger partial charge is 0.271 e. The summed E-state index contributed by atoms with van der Waals surface area (Å²) in [6.07, 6.45) is 2.19. The predicted octanol–water partition coefficient (Wildman–Crippen LogP) is 1.20. The molecule has 0 aliphatic carbocycles. The van der Waals surface area contributed by atoms with Gasteiger partial charge in [-0.05, 0) is 30.3 Å². The van der Waals surface area contributed by atoms with Gasteiger partial charge in [0.05, 0.1) is 4.90 Å². The Bertz CT molecular complexity index is 744. The van der Waals surface area contributed by atoms with Gasteiger partial charge >= 0.3 is 0 Å². The van der Waals surface area contributed by atoms with Crippen molar-refractivity contribution in [2.75, 3.05) is 0 Å². The summed E-state index contributed by atoms with van der Waals surface area (Å²) in [5.74, 6) is -0.863. The highest BCUT2D eigenvalue weighted by molar-refractivity contribution is 9.10. The number of rotatable bonds is 3. The summed E-state index contributed by atoms with van der Waals surface area (Å²) in [4.78, 5) is 11.8. The number of amides is 1. The molecule has 2 aromatic rings. The molecule has 0 spiro atoms. The predicted molar refractivity (Wildman–Crippen MR) is 74.2 cm³/mol. The molecule has 1 heterocycles. The lowest BCUT2D eigenvalue weighted by Gasteiger charge is -2.06. The van der Waals surface area contributed by atoms with E-state index in [1.807, 2.05) is 4.72 Å². The van der Waals surface area contributed by atoms with Crippen LogP contribution in [0.1, 0.15) is 10.4 Å². The van der Waals surface area contributed by atoms with Gasteiger partial charge in [-0.25, -0.2) is 13.1 Å². The second-order valence-corrected chi connectivity index (χ2v) is 6.44. The van der Waals surface area contributed by atoms with Crippen molar-refractivity contribution in [1.82, 2.24) is 4.72 Å². The molecule has 0 aliphatic heterocycles. The maximum atomic E-state index is 12.0. The Morgan fingerprint density at radius 3 is 2.45 bits per heavy atom. The van der Waals surface area contributed by atoms with Gasteiger partial charge in [-0.15, -0.1) is 0 Å². The molecule has 6 nitrogen and oxygen atoms in total. The molecular weight excluding hydrogens is 348 g/mol. The van der Waals surface area contributed by atoms with Crippen molar-refractivity contribution >= 4 is 31.9 Å². The van der Waals surface area contributed by atoms with Crippen molar-refractivity contribution in [3.05, 3.63) is 64.0 Å². The third-order valence-electron chi connectivity index (χ3n) is 2.39. The number of nitrogens with zero attached hydrogens (tertiary/aromatic N) is 1. The molecule has 104 valence electrons. The lowest BCUT2D eigenvalue weighted by molar-refractivity contribution is -0.605. The van der Waals surface area contributed by atoms with Gasteiger partial charge < -0.3 is 5.21 Å². The molecule has 1 aromatic heterocycles. The van der Waals surface area contributed by atoms with Crippen molar-refractivity contribution < 1.29 is 17.9 Å². The number of carbonyl (C=O) groups excluding carboxylic acids is 1. The lowest BCUT2D eigenvalue weighted by Crippen LogP contribution is -2.33. The molecule has 1 N–H and O–H groups in total. The van der Waals surface area contributed by atoms with E-state index in [0.717, 1.165) is 10.7 Å². The maximum absolute atomic E-state index is 12.0. The molecular formula is C12H9BrN2O4S. The Kier molecular flexibility index (Phi) is 4.05. The second kappa shape index (κ2) is 5.59. The first-order valence-electron chi connectivity index (χ1n) is 5.40. The summed E-state index contributed by atoms with van der Waals surface area (Å²) in [7, 11) is -3.97. The van der Waals surface area contributed by atoms with Crippen LogP contribution in [0.15, 0.2) is 58.2 Å². The topological polar surface area (TPSA) is 90.2 Å². The van der Waals surface area contributed by atoms with Crippen LogP contribution in [0.4, 0.5) is 0 Å². The van der Waals surface area contributed by atoms with Gasteiger partial charge in [0.15, 0.2) is 12.4 Å². The summed E-state index contributed by atoms with van der Waals surface area (Å²) >= 11 is 3.19. The number of hydrogen-bond acceptors (Lipinski definition) is 4. The number of hydrogen-bond donors (Lipinski definition) is 1. The van der Waals surface area contributed by atoms with Gasteiger partial charge in [0, 0.05) is 10.5 Å². The monoisotopic (exact) mass is 356 g/mol. The fraction of sp³-hybridized carbons (Fsp3) is 0. The number of sulfonamides is 1. The quantitative estimate of drug-likeness (QED) is 0.660. The average Bonchev–Trinajstić information content (AvgIpc) is 2.38. The first-order chi connectivity index (χ1) is 9.38. The first kappa shape index (κ1) is 14.5. The molecule has 0 bridgehead atoms. The Morgan fingerprint density at radius 1 is 1.20 bits per heavy atom. The van der Waals surface area contributed by atoms with Crippen molar-refractivity contribution in [3.63, 3.8) is 0 Å². The molecule has 2 rings (SSSR count). The molecule has 0 radical (unpaired) electrons. The van der Waals surface area contributed by atoms with E-state index in [9.17, 15) is 18.4 Å². The Labute approximate surface area is 123 Å². The largest absolute Gasteiger partial charge is 0.619 e. The molecule has 0 saturated carbocycles. The standard InChI is InChI=1S/C12H9BrN2O4S/c13-10-3-5-11(6-4-10)20(18,19)14-12(16)9-2-1-7-15(17)8-9/h1-8H,(H,14,16). The average molecular weight is 357 g/mol. The zero-order valence-corrected chi connectivity index (χ0v) is 12.4. The third kappa shape index (κ3) is 3.34. The molecule has 8 heteroatoms. The lowest BCUT2D eigenvalue weighted by atomic mass is 10.3. The fourth-order valence-electron chi connectivity index (χ4n) is 1.44. The SMILES string of the molecule is O=C(NS(=O)(=O)c1ccc(Br)cc1)c1ccc[n+]([O-])c1. The Hall–Kier alpha value is -1.93. The molecule has 1 aromatic carbocycles. The van der Waals surface area contributed by atoms with E-state index in [2.05, 4.69) is 15.9 Å². The number of aromatic nitrogens is 1. The summed E-state index contributed by atoms with van der Waals surface area (Å²) in [6, 6.07) is 8.52. The van der Waals surface area contributed by atoms with Gasteiger partial charge in [-0.2, -0.15) is 4.73 Å². The summed E-state index contributed by atoms with van der Waals surface area (Å²) in [5.41, 5.74) is -0.0387. The van der Waals surface area contributed by atoms with E-state index in [1.165, 1.54) is 30.5 Å². The molecule has 0 atom stereocenters. The molecule has 0 unspecified atom stereocenters. The fourth-order valence-corrected chi connectivity index (χ4v) is 2.68. The van der Waals surface area contributed by atoms with Gasteiger partial charge in [0.25, 0.3) is 15.9 Å². The van der Waals surface area contributed by atoms with E-state index in [4.69, 9.17) is 0 Å². The Morgan fingerprint density at radius 2 is 1.85 bits per heavy atom. The number of pyridine rings is 1. The van der Waals surface area contributed by atoms with Crippen LogP contribution in [0.5, 0.6) is 0 Å². The molecule has 0 saturated heterocycles. The normalized spacial score (nSPS) is 11.1. The van der Waals surface area contributed by atoms with Crippen LogP contribution in [0, 0.1) is 5.21 Å². The van der Waals surface area contributed by atoms with Crippen LogP contribution >= 0.6 is 15.9 Å². The molecule has 1 amide bonds. The summed E-state index contributed by atoms with van der Waals surface area (Å²) < 4.78 is 27.0. The van der Waals surface area contributed by atoms with Crippen molar-refractivity contribution in [2.24, 2.45) is 0 Å². The maximum Gasteiger partial charge on any atom is 0.271 e. The molecule has 0 aliphatic rings. The highest BCUT2D eigenvalue weighted by atomic mass is 79.9. The van der Waals surface area contributed by atoms with E-state index in [1.54, 1.807) is 12.1 Å². The molecule has 20 heavy (non-hydrogen) atoms. The number of benzene rings is 1. The van der Waals surface area contributed by atoms with Crippen LogP contribution in [-0.4, -0.2) is 14.3 Å². The van der Waals surface area contributed by atoms with Crippen LogP contribution in [0.3, 0.4) is 0 Å². The number of halogens is 1. The van der Waals surface area contributed by atoms with Crippen molar-refractivity contribution in [1.29, 1.82) is 0 Å². The zero-order valence-electron chi connectivity index (χ0n) is 9.99. The number of nitrogens with one attached hydrogen (secondary N) is 1. The van der Waals surface area contributed by atoms with Crippen LogP contribution < -0.4 is 9.45 Å². The van der Waals surface area contributed by atoms with Crippen molar-refractivity contribution in [2.45, 2.75) is 4.90 Å². The minimum atomic E-state index is -3.97. The van der Waals surface area contributed by atoms with Gasteiger partial charge in [-0.1, -0.05) is 15.9 Å². The van der Waals surface area contributed by atoms with Gasteiger partial charge in [0.2, 0.25) is 0 Å². The van der Waals surface area contributed by atoms with Gasteiger partial charge in [0.1, 0.15) is 5.56 Å². The van der Waals surface area contributed by atoms with Crippen LogP contribution in [-0.2, 0) is 10.0 Å². The van der Waals surface area contributed by atoms with E-state index in [-0.39, 0.29) is 10.5 Å². The molecule has 0 fully saturated rings. The first-order valence-corrected chi connectivity index (χ1v) is 7.68. The van der Waals surface area contributed by atoms with Crippen LogP contribution in [0.2, 0.25) is 0 Å². The van der Waals surface area contributed by atoms with Gasteiger partial charge in [-0.3, -0.25) is 4.79 Å². The van der Waals surface area contributed by atoms with E-state index in [0.29, 0.717) is 4.73 Å². The summed E-state index contributed by atoms with van der Waals surface area (Å²) in [5, 5.41) is 11.0. The summed E-state index contributed by atoms with van der Waals surface area (Å²) in [6.45, 7) is 0. The second-order valence-electron chi connectivity index (χ2n) is 3.84. The van der Waals surface area contributed by atoms with Crippen molar-refractivity contribution in [3.8, 4) is 0 Å². The highest BCUT2D eigenvalue weighted by Gasteiger charge is 2.19.